The van der Waals surface area contributed by atoms with E-state index in [4.69, 9.17) is 5.11 Å². The molecule has 0 bridgehead atoms. The Kier molecular flexibility index (Phi) is 2.28. The third kappa shape index (κ3) is 1.89. The molecule has 2 rings (SSSR count). The lowest BCUT2D eigenvalue weighted by atomic mass is 10.1. The molecule has 0 aliphatic carbocycles. The average Bonchev–Trinajstić information content (AvgIpc) is 2.66. The van der Waals surface area contributed by atoms with E-state index < -0.39 is 5.54 Å². The summed E-state index contributed by atoms with van der Waals surface area (Å²) in [4.78, 5) is 4.17. The van der Waals surface area contributed by atoms with E-state index in [1.807, 2.05) is 13.8 Å². The molecule has 6 heteroatoms. The van der Waals surface area contributed by atoms with Crippen LogP contribution in [0.1, 0.15) is 13.8 Å². The van der Waals surface area contributed by atoms with E-state index >= 15 is 0 Å². The molecular weight excluding hydrogens is 194 g/mol. The summed E-state index contributed by atoms with van der Waals surface area (Å²) in [5.74, 6) is 0.619. The van der Waals surface area contributed by atoms with E-state index in [1.165, 1.54) is 0 Å². The fourth-order valence-corrected chi connectivity index (χ4v) is 1.21. The SMILES string of the molecule is CC(C)(CO)Nc1nccn2cnnc12. The highest BCUT2D eigenvalue weighted by molar-refractivity contribution is 5.62. The zero-order chi connectivity index (χ0) is 10.9. The second-order valence-electron chi connectivity index (χ2n) is 4.00. The van der Waals surface area contributed by atoms with Gasteiger partial charge in [-0.3, -0.25) is 4.40 Å². The van der Waals surface area contributed by atoms with Gasteiger partial charge in [-0.25, -0.2) is 4.98 Å². The Morgan fingerprint density at radius 2 is 2.33 bits per heavy atom. The Hall–Kier alpha value is -1.69. The molecule has 0 radical (unpaired) electrons. The van der Waals surface area contributed by atoms with Crippen molar-refractivity contribution in [3.05, 3.63) is 18.7 Å². The number of anilines is 1. The zero-order valence-electron chi connectivity index (χ0n) is 8.68. The number of hydrogen-bond donors (Lipinski definition) is 2. The van der Waals surface area contributed by atoms with Crippen molar-refractivity contribution < 1.29 is 5.11 Å². The van der Waals surface area contributed by atoms with Crippen molar-refractivity contribution in [1.82, 2.24) is 19.6 Å². The predicted molar refractivity (Wildman–Crippen MR) is 55.6 cm³/mol. The quantitative estimate of drug-likeness (QED) is 0.757. The highest BCUT2D eigenvalue weighted by Crippen LogP contribution is 2.15. The maximum absolute atomic E-state index is 9.14. The van der Waals surface area contributed by atoms with Gasteiger partial charge in [0.1, 0.15) is 6.33 Å². The van der Waals surface area contributed by atoms with Gasteiger partial charge in [-0.2, -0.15) is 0 Å². The van der Waals surface area contributed by atoms with Crippen molar-refractivity contribution in [1.29, 1.82) is 0 Å². The molecule has 0 fully saturated rings. The highest BCUT2D eigenvalue weighted by atomic mass is 16.3. The Bertz CT molecular complexity index is 464. The number of aliphatic hydroxyl groups excluding tert-OH is 1. The molecule has 0 amide bonds. The molecule has 0 atom stereocenters. The summed E-state index contributed by atoms with van der Waals surface area (Å²) in [6.45, 7) is 3.78. The van der Waals surface area contributed by atoms with Crippen molar-refractivity contribution in [3.8, 4) is 0 Å². The van der Waals surface area contributed by atoms with E-state index in [-0.39, 0.29) is 6.61 Å². The second-order valence-corrected chi connectivity index (χ2v) is 4.00. The molecule has 0 saturated carbocycles. The van der Waals surface area contributed by atoms with Gasteiger partial charge in [-0.15, -0.1) is 10.2 Å². The molecule has 0 saturated heterocycles. The topological polar surface area (TPSA) is 75.3 Å². The summed E-state index contributed by atoms with van der Waals surface area (Å²) in [6, 6.07) is 0. The number of fused-ring (bicyclic) bond motifs is 1. The molecule has 2 aromatic rings. The lowest BCUT2D eigenvalue weighted by Gasteiger charge is -2.23. The summed E-state index contributed by atoms with van der Waals surface area (Å²) in [5, 5.41) is 20.0. The minimum absolute atomic E-state index is 0.0177. The average molecular weight is 207 g/mol. The number of hydrogen-bond acceptors (Lipinski definition) is 5. The Morgan fingerprint density at radius 3 is 3.07 bits per heavy atom. The first-order valence-electron chi connectivity index (χ1n) is 4.66. The van der Waals surface area contributed by atoms with Crippen LogP contribution in [-0.2, 0) is 0 Å². The largest absolute Gasteiger partial charge is 0.394 e. The lowest BCUT2D eigenvalue weighted by molar-refractivity contribution is 0.234. The molecule has 6 nitrogen and oxygen atoms in total. The number of nitrogens with one attached hydrogen (secondary N) is 1. The molecular formula is C9H13N5O. The first kappa shape index (κ1) is 9.85. The van der Waals surface area contributed by atoms with Crippen LogP contribution in [0.2, 0.25) is 0 Å². The molecule has 2 heterocycles. The summed E-state index contributed by atoms with van der Waals surface area (Å²) in [5.41, 5.74) is 0.222. The Labute approximate surface area is 87.0 Å². The van der Waals surface area contributed by atoms with Crippen LogP contribution in [0.3, 0.4) is 0 Å². The van der Waals surface area contributed by atoms with E-state index in [9.17, 15) is 0 Å². The number of aromatic nitrogens is 4. The van der Waals surface area contributed by atoms with Gasteiger partial charge >= 0.3 is 0 Å². The zero-order valence-corrected chi connectivity index (χ0v) is 8.68. The predicted octanol–water partition coefficient (Wildman–Crippen LogP) is 0.307. The van der Waals surface area contributed by atoms with Crippen molar-refractivity contribution in [3.63, 3.8) is 0 Å². The Morgan fingerprint density at radius 1 is 1.53 bits per heavy atom. The first-order chi connectivity index (χ1) is 7.12. The fraction of sp³-hybridized carbons (Fsp3) is 0.444. The molecule has 0 aliphatic heterocycles. The van der Waals surface area contributed by atoms with Crippen LogP contribution in [0.25, 0.3) is 5.65 Å². The molecule has 0 aromatic carbocycles. The smallest absolute Gasteiger partial charge is 0.203 e. The molecule has 15 heavy (non-hydrogen) atoms. The van der Waals surface area contributed by atoms with Gasteiger partial charge in [0.25, 0.3) is 0 Å². The normalized spacial score (nSPS) is 11.9. The van der Waals surface area contributed by atoms with Crippen LogP contribution in [0.15, 0.2) is 18.7 Å². The van der Waals surface area contributed by atoms with Crippen LogP contribution in [-0.4, -0.2) is 36.8 Å². The summed E-state index contributed by atoms with van der Waals surface area (Å²) in [7, 11) is 0. The van der Waals surface area contributed by atoms with E-state index in [1.54, 1.807) is 23.1 Å². The Balaban J connectivity index is 2.39. The van der Waals surface area contributed by atoms with Crippen molar-refractivity contribution >= 4 is 11.5 Å². The van der Waals surface area contributed by atoms with Crippen molar-refractivity contribution in [2.75, 3.05) is 11.9 Å². The standard InChI is InChI=1S/C9H13N5O/c1-9(2,5-15)12-7-8-13-11-6-14(8)4-3-10-7/h3-4,6,15H,5H2,1-2H3,(H,10,12). The van der Waals surface area contributed by atoms with Gasteiger partial charge in [0.05, 0.1) is 12.1 Å². The van der Waals surface area contributed by atoms with Crippen LogP contribution in [0, 0.1) is 0 Å². The first-order valence-corrected chi connectivity index (χ1v) is 4.66. The minimum Gasteiger partial charge on any atom is -0.394 e. The summed E-state index contributed by atoms with van der Waals surface area (Å²) < 4.78 is 1.77. The van der Waals surface area contributed by atoms with Gasteiger partial charge in [-0.1, -0.05) is 0 Å². The maximum Gasteiger partial charge on any atom is 0.203 e. The third-order valence-electron chi connectivity index (χ3n) is 2.07. The van der Waals surface area contributed by atoms with E-state index in [0.29, 0.717) is 11.5 Å². The van der Waals surface area contributed by atoms with Gasteiger partial charge in [0, 0.05) is 12.4 Å². The van der Waals surface area contributed by atoms with E-state index in [0.717, 1.165) is 0 Å². The maximum atomic E-state index is 9.14. The monoisotopic (exact) mass is 207 g/mol. The van der Waals surface area contributed by atoms with Gasteiger partial charge < -0.3 is 10.4 Å². The second kappa shape index (κ2) is 3.47. The van der Waals surface area contributed by atoms with E-state index in [2.05, 4.69) is 20.5 Å². The van der Waals surface area contributed by atoms with Crippen LogP contribution in [0.4, 0.5) is 5.82 Å². The lowest BCUT2D eigenvalue weighted by Crippen LogP contribution is -2.35. The molecule has 2 aromatic heterocycles. The summed E-state index contributed by atoms with van der Waals surface area (Å²) in [6.07, 6.45) is 5.03. The number of rotatable bonds is 3. The molecule has 0 aliphatic rings. The number of nitrogens with zero attached hydrogens (tertiary/aromatic N) is 4. The van der Waals surface area contributed by atoms with Crippen molar-refractivity contribution in [2.24, 2.45) is 0 Å². The molecule has 0 unspecified atom stereocenters. The summed E-state index contributed by atoms with van der Waals surface area (Å²) >= 11 is 0. The van der Waals surface area contributed by atoms with Crippen LogP contribution >= 0.6 is 0 Å². The molecule has 2 N–H and O–H groups in total. The molecule has 80 valence electrons. The van der Waals surface area contributed by atoms with Gasteiger partial charge in [-0.05, 0) is 13.8 Å². The van der Waals surface area contributed by atoms with Gasteiger partial charge in [0.2, 0.25) is 5.65 Å². The fourth-order valence-electron chi connectivity index (χ4n) is 1.21. The highest BCUT2D eigenvalue weighted by Gasteiger charge is 2.18. The van der Waals surface area contributed by atoms with Crippen molar-refractivity contribution in [2.45, 2.75) is 19.4 Å². The van der Waals surface area contributed by atoms with Crippen LogP contribution < -0.4 is 5.32 Å². The van der Waals surface area contributed by atoms with Crippen LogP contribution in [0.5, 0.6) is 0 Å². The molecule has 0 spiro atoms. The number of aliphatic hydroxyl groups is 1. The minimum atomic E-state index is -0.430. The third-order valence-corrected chi connectivity index (χ3v) is 2.07. The van der Waals surface area contributed by atoms with Gasteiger partial charge in [0.15, 0.2) is 5.82 Å².